The minimum atomic E-state index is 0.231. The lowest BCUT2D eigenvalue weighted by molar-refractivity contribution is -0.121. The van der Waals surface area contributed by atoms with Crippen molar-refractivity contribution < 1.29 is 4.79 Å². The van der Waals surface area contributed by atoms with Gasteiger partial charge in [-0.1, -0.05) is 61.4 Å². The number of carbonyl (C=O) groups is 1. The van der Waals surface area contributed by atoms with Crippen molar-refractivity contribution in [2.75, 3.05) is 12.3 Å². The number of hydrogen-bond donors (Lipinski definition) is 2. The summed E-state index contributed by atoms with van der Waals surface area (Å²) in [4.78, 5) is 10.7. The predicted molar refractivity (Wildman–Crippen MR) is 92.4 cm³/mol. The Hall–Kier alpha value is -2.29. The lowest BCUT2D eigenvalue weighted by Crippen LogP contribution is -2.25. The minimum Gasteiger partial charge on any atom is -0.398 e. The van der Waals surface area contributed by atoms with E-state index in [1.165, 1.54) is 18.4 Å². The SMILES string of the molecule is Nc1ccccc1-c1ccccc1.O=C1CCCCCCN1. The third-order valence-corrected chi connectivity index (χ3v) is 3.70. The fourth-order valence-electron chi connectivity index (χ4n) is 2.46. The lowest BCUT2D eigenvalue weighted by Gasteiger charge is -2.08. The van der Waals surface area contributed by atoms with E-state index >= 15 is 0 Å². The van der Waals surface area contributed by atoms with Gasteiger partial charge in [-0.15, -0.1) is 0 Å². The fourth-order valence-corrected chi connectivity index (χ4v) is 2.46. The van der Waals surface area contributed by atoms with Gasteiger partial charge < -0.3 is 11.1 Å². The maximum atomic E-state index is 10.7. The number of hydrogen-bond acceptors (Lipinski definition) is 2. The van der Waals surface area contributed by atoms with Crippen molar-refractivity contribution in [1.82, 2.24) is 5.32 Å². The van der Waals surface area contributed by atoms with Crippen LogP contribution in [0.15, 0.2) is 54.6 Å². The molecule has 1 heterocycles. The van der Waals surface area contributed by atoms with Crippen LogP contribution < -0.4 is 11.1 Å². The summed E-state index contributed by atoms with van der Waals surface area (Å²) >= 11 is 0. The Morgan fingerprint density at radius 2 is 1.50 bits per heavy atom. The molecule has 3 heteroatoms. The molecular weight excluding hydrogens is 272 g/mol. The first-order valence-corrected chi connectivity index (χ1v) is 7.94. The Labute approximate surface area is 132 Å². The number of nitrogen functional groups attached to an aromatic ring is 1. The average Bonchev–Trinajstić information content (AvgIpc) is 2.53. The molecule has 1 aliphatic rings. The number of benzene rings is 2. The standard InChI is InChI=1S/C12H11N.C7H13NO/c13-12-9-5-4-8-11(12)10-6-2-1-3-7-10;9-7-5-3-1-2-4-6-8-7/h1-9H,13H2;1-6H2,(H,8,9). The van der Waals surface area contributed by atoms with E-state index in [0.717, 1.165) is 37.1 Å². The van der Waals surface area contributed by atoms with E-state index in [1.807, 2.05) is 42.5 Å². The highest BCUT2D eigenvalue weighted by Gasteiger charge is 2.02. The lowest BCUT2D eigenvalue weighted by atomic mass is 10.0. The van der Waals surface area contributed by atoms with Crippen LogP contribution in [0.4, 0.5) is 5.69 Å². The molecule has 2 aromatic rings. The molecule has 0 aromatic heterocycles. The van der Waals surface area contributed by atoms with Gasteiger partial charge in [0.05, 0.1) is 0 Å². The normalized spacial score (nSPS) is 14.8. The van der Waals surface area contributed by atoms with Gasteiger partial charge in [-0.25, -0.2) is 0 Å². The van der Waals surface area contributed by atoms with Crippen LogP contribution in [-0.4, -0.2) is 12.5 Å². The van der Waals surface area contributed by atoms with Crippen molar-refractivity contribution in [2.24, 2.45) is 0 Å². The molecule has 0 bridgehead atoms. The second-order valence-corrected chi connectivity index (χ2v) is 5.47. The van der Waals surface area contributed by atoms with Gasteiger partial charge in [0.2, 0.25) is 5.91 Å². The number of anilines is 1. The van der Waals surface area contributed by atoms with E-state index in [1.54, 1.807) is 0 Å². The van der Waals surface area contributed by atoms with Crippen LogP contribution in [-0.2, 0) is 4.79 Å². The number of nitrogens with two attached hydrogens (primary N) is 1. The van der Waals surface area contributed by atoms with Crippen LogP contribution in [0.5, 0.6) is 0 Å². The van der Waals surface area contributed by atoms with Crippen molar-refractivity contribution >= 4 is 11.6 Å². The van der Waals surface area contributed by atoms with Gasteiger partial charge in [0.1, 0.15) is 0 Å². The molecule has 3 nitrogen and oxygen atoms in total. The monoisotopic (exact) mass is 296 g/mol. The van der Waals surface area contributed by atoms with Gasteiger partial charge in [-0.05, 0) is 24.5 Å². The minimum absolute atomic E-state index is 0.231. The van der Waals surface area contributed by atoms with Crippen LogP contribution in [0.1, 0.15) is 32.1 Å². The highest BCUT2D eigenvalue weighted by molar-refractivity contribution is 5.76. The molecule has 0 saturated carbocycles. The van der Waals surface area contributed by atoms with E-state index in [9.17, 15) is 4.79 Å². The summed E-state index contributed by atoms with van der Waals surface area (Å²) < 4.78 is 0. The summed E-state index contributed by atoms with van der Waals surface area (Å²) in [5.41, 5.74) is 8.95. The molecule has 1 amide bonds. The van der Waals surface area contributed by atoms with Crippen molar-refractivity contribution in [3.05, 3.63) is 54.6 Å². The molecule has 2 aromatic carbocycles. The Morgan fingerprint density at radius 3 is 2.27 bits per heavy atom. The second kappa shape index (κ2) is 8.88. The highest BCUT2D eigenvalue weighted by atomic mass is 16.1. The van der Waals surface area contributed by atoms with Gasteiger partial charge in [0.25, 0.3) is 0 Å². The van der Waals surface area contributed by atoms with E-state index in [2.05, 4.69) is 17.4 Å². The van der Waals surface area contributed by atoms with Crippen LogP contribution in [0, 0.1) is 0 Å². The quantitative estimate of drug-likeness (QED) is 0.781. The smallest absolute Gasteiger partial charge is 0.219 e. The summed E-state index contributed by atoms with van der Waals surface area (Å²) in [7, 11) is 0. The third-order valence-electron chi connectivity index (χ3n) is 3.70. The Bertz CT molecular complexity index is 571. The highest BCUT2D eigenvalue weighted by Crippen LogP contribution is 2.24. The van der Waals surface area contributed by atoms with Gasteiger partial charge >= 0.3 is 0 Å². The van der Waals surface area contributed by atoms with E-state index in [4.69, 9.17) is 5.73 Å². The number of amides is 1. The van der Waals surface area contributed by atoms with Gasteiger partial charge in [0.15, 0.2) is 0 Å². The Balaban J connectivity index is 0.000000172. The van der Waals surface area contributed by atoms with Gasteiger partial charge in [-0.2, -0.15) is 0 Å². The van der Waals surface area contributed by atoms with Crippen molar-refractivity contribution in [3.8, 4) is 11.1 Å². The van der Waals surface area contributed by atoms with Crippen molar-refractivity contribution in [2.45, 2.75) is 32.1 Å². The molecular formula is C19H24N2O. The zero-order valence-corrected chi connectivity index (χ0v) is 12.9. The molecule has 3 N–H and O–H groups in total. The molecule has 1 saturated heterocycles. The summed E-state index contributed by atoms with van der Waals surface area (Å²) in [6.07, 6.45) is 5.48. The molecule has 0 unspecified atom stereocenters. The molecule has 22 heavy (non-hydrogen) atoms. The molecule has 3 rings (SSSR count). The first-order valence-electron chi connectivity index (χ1n) is 7.94. The van der Waals surface area contributed by atoms with E-state index in [0.29, 0.717) is 0 Å². The molecule has 0 atom stereocenters. The topological polar surface area (TPSA) is 55.1 Å². The van der Waals surface area contributed by atoms with Crippen molar-refractivity contribution in [1.29, 1.82) is 0 Å². The molecule has 1 fully saturated rings. The first-order chi connectivity index (χ1) is 10.8. The maximum Gasteiger partial charge on any atom is 0.219 e. The van der Waals surface area contributed by atoms with Crippen molar-refractivity contribution in [3.63, 3.8) is 0 Å². The number of para-hydroxylation sites is 1. The average molecular weight is 296 g/mol. The zero-order chi connectivity index (χ0) is 15.6. The summed E-state index contributed by atoms with van der Waals surface area (Å²) in [6.45, 7) is 0.888. The third kappa shape index (κ3) is 5.24. The first kappa shape index (κ1) is 16.1. The molecule has 116 valence electrons. The van der Waals surface area contributed by atoms with E-state index < -0.39 is 0 Å². The zero-order valence-electron chi connectivity index (χ0n) is 12.9. The predicted octanol–water partition coefficient (Wildman–Crippen LogP) is 4.00. The molecule has 0 aliphatic carbocycles. The van der Waals surface area contributed by atoms with Crippen LogP contribution in [0.25, 0.3) is 11.1 Å². The number of nitrogens with one attached hydrogen (secondary N) is 1. The molecule has 0 radical (unpaired) electrons. The van der Waals surface area contributed by atoms with Crippen LogP contribution in [0.3, 0.4) is 0 Å². The Morgan fingerprint density at radius 1 is 0.818 bits per heavy atom. The van der Waals surface area contributed by atoms with Gasteiger partial charge in [-0.3, -0.25) is 4.79 Å². The fraction of sp³-hybridized carbons (Fsp3) is 0.316. The number of carbonyl (C=O) groups excluding carboxylic acids is 1. The molecule has 1 aliphatic heterocycles. The largest absolute Gasteiger partial charge is 0.398 e. The summed E-state index contributed by atoms with van der Waals surface area (Å²) in [6, 6.07) is 18.1. The summed E-state index contributed by atoms with van der Waals surface area (Å²) in [5, 5.41) is 2.85. The van der Waals surface area contributed by atoms with Gasteiger partial charge in [0, 0.05) is 24.2 Å². The Kier molecular flexibility index (Phi) is 6.49. The maximum absolute atomic E-state index is 10.7. The number of rotatable bonds is 1. The van der Waals surface area contributed by atoms with E-state index in [-0.39, 0.29) is 5.91 Å². The second-order valence-electron chi connectivity index (χ2n) is 5.47. The van der Waals surface area contributed by atoms with Crippen LogP contribution >= 0.6 is 0 Å². The summed E-state index contributed by atoms with van der Waals surface area (Å²) in [5.74, 6) is 0.231. The molecule has 0 spiro atoms. The van der Waals surface area contributed by atoms with Crippen LogP contribution in [0.2, 0.25) is 0 Å².